The second-order valence-corrected chi connectivity index (χ2v) is 17.0. The number of fused-ring (bicyclic) bond motifs is 2. The smallest absolute Gasteiger partial charge is 0.397 e. The van der Waals surface area contributed by atoms with Gasteiger partial charge in [0.05, 0.1) is 0 Å². The Morgan fingerprint density at radius 1 is 1.00 bits per heavy atom. The number of esters is 1. The summed E-state index contributed by atoms with van der Waals surface area (Å²) in [6.07, 6.45) is -5.46. The molecule has 0 spiro atoms. The van der Waals surface area contributed by atoms with Crippen LogP contribution in [0.4, 0.5) is 0 Å². The number of rotatable bonds is 14. The van der Waals surface area contributed by atoms with Crippen LogP contribution in [0.5, 0.6) is 0 Å². The molecule has 11 N–H and O–H groups in total. The quantitative estimate of drug-likeness (QED) is 0.0299. The lowest BCUT2D eigenvalue weighted by Crippen LogP contribution is -2.66. The molecule has 24 heteroatoms. The van der Waals surface area contributed by atoms with Gasteiger partial charge in [-0.1, -0.05) is 64.4 Å². The van der Waals surface area contributed by atoms with E-state index in [4.69, 9.17) is 20.8 Å². The number of aliphatic hydroxyl groups excluding tert-OH is 2. The normalized spacial score (nSPS) is 26.8. The maximum atomic E-state index is 14.6. The van der Waals surface area contributed by atoms with E-state index in [1.54, 1.807) is 58.0 Å². The Morgan fingerprint density at radius 3 is 2.24 bits per heavy atom. The first kappa shape index (κ1) is 51.9. The summed E-state index contributed by atoms with van der Waals surface area (Å²) in [6.45, 7) is 6.54. The fourth-order valence-corrected chi connectivity index (χ4v) is 7.41. The molecule has 0 aliphatic carbocycles. The van der Waals surface area contributed by atoms with E-state index < -0.39 is 125 Å². The first-order valence-electron chi connectivity index (χ1n) is 20.5. The molecule has 352 valence electrons. The van der Waals surface area contributed by atoms with Crippen molar-refractivity contribution < 1.29 is 65.7 Å². The monoisotopic (exact) mass is 911 g/mol. The van der Waals surface area contributed by atoms with Crippen molar-refractivity contribution in [2.24, 2.45) is 28.3 Å². The fraction of sp³-hybridized carbons (Fsp3) is 0.641. The fourth-order valence-electron chi connectivity index (χ4n) is 7.11. The molecule has 0 aromatic heterocycles. The van der Waals surface area contributed by atoms with Gasteiger partial charge < -0.3 is 57.5 Å². The van der Waals surface area contributed by atoms with Crippen LogP contribution in [0, 0.1) is 11.8 Å². The summed E-state index contributed by atoms with van der Waals surface area (Å²) in [5, 5.41) is 31.6. The minimum atomic E-state index is -5.12. The van der Waals surface area contributed by atoms with E-state index in [0.717, 1.165) is 9.80 Å². The van der Waals surface area contributed by atoms with Crippen LogP contribution in [0.25, 0.3) is 0 Å². The predicted octanol–water partition coefficient (Wildman–Crippen LogP) is -2.81. The molecule has 10 atom stereocenters. The molecular weight excluding hydrogens is 851 g/mol. The largest absolute Gasteiger partial charge is 0.458 e. The number of piperidine rings is 1. The Labute approximate surface area is 366 Å². The Morgan fingerprint density at radius 2 is 1.65 bits per heavy atom. The first-order chi connectivity index (χ1) is 29.5. The van der Waals surface area contributed by atoms with Crippen molar-refractivity contribution in [1.29, 1.82) is 0 Å². The van der Waals surface area contributed by atoms with Gasteiger partial charge in [-0.3, -0.25) is 38.3 Å². The number of carbonyl (C=O) groups is 7. The number of likely N-dealkylation sites (N-methyl/N-ethyl adjacent to an activating group) is 1. The molecule has 2 fully saturated rings. The van der Waals surface area contributed by atoms with Crippen molar-refractivity contribution in [3.63, 3.8) is 0 Å². The molecule has 23 nitrogen and oxygen atoms in total. The topological polar surface area (TPSA) is 352 Å². The van der Waals surface area contributed by atoms with Crippen LogP contribution in [0.3, 0.4) is 0 Å². The zero-order valence-electron chi connectivity index (χ0n) is 36.1. The summed E-state index contributed by atoms with van der Waals surface area (Å²) < 4.78 is 41.0. The Bertz CT molecular complexity index is 1930. The van der Waals surface area contributed by atoms with Gasteiger partial charge in [0, 0.05) is 20.0 Å². The van der Waals surface area contributed by atoms with Crippen molar-refractivity contribution in [2.75, 3.05) is 20.2 Å². The van der Waals surface area contributed by atoms with Crippen LogP contribution >= 0.6 is 0 Å². The molecule has 2 bridgehead atoms. The number of hydrogen-bond acceptors (Lipinski definition) is 14. The molecule has 2 heterocycles. The van der Waals surface area contributed by atoms with Crippen LogP contribution in [-0.2, 0) is 59.3 Å². The molecule has 4 unspecified atom stereocenters. The number of aliphatic hydroxyl groups is 2. The number of cyclic esters (lactones) is 1. The molecule has 2 aliphatic heterocycles. The highest BCUT2D eigenvalue weighted by molar-refractivity contribution is 7.80. The van der Waals surface area contributed by atoms with Gasteiger partial charge in [0.1, 0.15) is 55.2 Å². The zero-order chi connectivity index (χ0) is 47.3. The number of guanidine groups is 1. The number of amides is 6. The van der Waals surface area contributed by atoms with E-state index in [9.17, 15) is 52.2 Å². The Hall–Kier alpha value is -5.43. The van der Waals surface area contributed by atoms with Gasteiger partial charge >= 0.3 is 16.4 Å². The SMILES string of the molecule is CC[C@H](C)[C@@H]1NC(=O)[C@H](Cc2ccccc2)N(C)C(=O)C(C(C)C)N2C(=O)[C@H](CC[C@H]2O)NC(=O)C(CCCN=C(N)N)NC(=O)C(NC(=O)C(O)COS(=O)(=O)O)[C@@H](C)OC1=O. The molecule has 3 rings (SSSR count). The predicted molar refractivity (Wildman–Crippen MR) is 224 cm³/mol. The van der Waals surface area contributed by atoms with Gasteiger partial charge in [-0.15, -0.1) is 0 Å². The summed E-state index contributed by atoms with van der Waals surface area (Å²) in [7, 11) is -3.76. The highest BCUT2D eigenvalue weighted by atomic mass is 32.3. The molecule has 1 aromatic carbocycles. The highest BCUT2D eigenvalue weighted by Crippen LogP contribution is 2.26. The lowest BCUT2D eigenvalue weighted by atomic mass is 9.93. The molecule has 2 saturated heterocycles. The van der Waals surface area contributed by atoms with Crippen LogP contribution in [0.2, 0.25) is 0 Å². The minimum absolute atomic E-state index is 0.0157. The number of aliphatic imine (C=N–C) groups is 1. The average Bonchev–Trinajstić information content (AvgIpc) is 3.21. The van der Waals surface area contributed by atoms with Gasteiger partial charge in [-0.2, -0.15) is 8.42 Å². The molecule has 6 amide bonds. The summed E-state index contributed by atoms with van der Waals surface area (Å²) in [6, 6.07) is -0.176. The second kappa shape index (κ2) is 23.3. The maximum Gasteiger partial charge on any atom is 0.397 e. The molecular formula is C39H61N9O14S. The molecule has 1 aromatic rings. The third-order valence-electron chi connectivity index (χ3n) is 10.8. The van der Waals surface area contributed by atoms with Crippen molar-refractivity contribution in [3.8, 4) is 0 Å². The Balaban J connectivity index is 2.22. The molecule has 0 saturated carbocycles. The summed E-state index contributed by atoms with van der Waals surface area (Å²) in [5.41, 5.74) is 11.5. The van der Waals surface area contributed by atoms with E-state index >= 15 is 0 Å². The van der Waals surface area contributed by atoms with Crippen molar-refractivity contribution in [1.82, 2.24) is 31.1 Å². The lowest BCUT2D eigenvalue weighted by Gasteiger charge is -2.44. The van der Waals surface area contributed by atoms with Crippen molar-refractivity contribution >= 4 is 57.8 Å². The van der Waals surface area contributed by atoms with Crippen molar-refractivity contribution in [3.05, 3.63) is 35.9 Å². The van der Waals surface area contributed by atoms with Gasteiger partial charge in [0.15, 0.2) is 12.1 Å². The number of nitrogens with two attached hydrogens (primary N) is 2. The van der Waals surface area contributed by atoms with E-state index in [0.29, 0.717) is 12.0 Å². The third-order valence-corrected chi connectivity index (χ3v) is 11.3. The minimum Gasteiger partial charge on any atom is -0.458 e. The third kappa shape index (κ3) is 14.8. The standard InChI is InChI=1S/C39H61N9O14S/c1-7-21(4)29-38(57)62-22(5)30(46-34(53)27(49)19-61-63(58,59)60)35(54)43-24(14-11-17-42-39(40)41)32(51)44-25-15-16-28(50)48(36(25)55)31(20(2)3)37(56)47(6)26(33(52)45-29)18-23-12-9-8-10-13-23/h8-10,12-13,20-22,24-31,49-50H,7,11,14-19H2,1-6H3,(H,43,54)(H,44,51)(H,45,52)(H,46,53)(H4,40,41,42)(H,58,59,60)/t21-,22+,24?,25-,26-,27?,28+,29-,30?,31?/m0/s1. The number of benzene rings is 1. The lowest BCUT2D eigenvalue weighted by molar-refractivity contribution is -0.167. The number of carbonyl (C=O) groups excluding carboxylic acids is 7. The van der Waals surface area contributed by atoms with Crippen LogP contribution in [-0.4, -0.2) is 155 Å². The molecule has 63 heavy (non-hydrogen) atoms. The van der Waals surface area contributed by atoms with E-state index in [2.05, 4.69) is 30.4 Å². The second-order valence-electron chi connectivity index (χ2n) is 15.9. The number of nitrogens with one attached hydrogen (secondary N) is 4. The number of ether oxygens (including phenoxy) is 1. The number of nitrogens with zero attached hydrogens (tertiary/aromatic N) is 3. The van der Waals surface area contributed by atoms with Crippen LogP contribution < -0.4 is 32.7 Å². The number of hydrogen-bond donors (Lipinski definition) is 9. The summed E-state index contributed by atoms with van der Waals surface area (Å²) >= 11 is 0. The van der Waals surface area contributed by atoms with E-state index in [-0.39, 0.29) is 44.6 Å². The molecule has 0 radical (unpaired) electrons. The first-order valence-corrected chi connectivity index (χ1v) is 21.9. The van der Waals surface area contributed by atoms with Gasteiger partial charge in [0.2, 0.25) is 29.5 Å². The average molecular weight is 912 g/mol. The maximum absolute atomic E-state index is 14.6. The van der Waals surface area contributed by atoms with Gasteiger partial charge in [-0.05, 0) is 50.0 Å². The summed E-state index contributed by atoms with van der Waals surface area (Å²) in [5.74, 6) is -8.48. The van der Waals surface area contributed by atoms with Crippen LogP contribution in [0.1, 0.15) is 72.3 Å². The summed E-state index contributed by atoms with van der Waals surface area (Å²) in [4.78, 5) is 105. The van der Waals surface area contributed by atoms with E-state index in [1.807, 2.05) is 0 Å². The van der Waals surface area contributed by atoms with Gasteiger partial charge in [-0.25, -0.2) is 8.98 Å². The van der Waals surface area contributed by atoms with Gasteiger partial charge in [0.25, 0.3) is 5.91 Å². The van der Waals surface area contributed by atoms with Crippen LogP contribution in [0.15, 0.2) is 35.3 Å². The highest BCUT2D eigenvalue weighted by Gasteiger charge is 2.46. The molecule has 2 aliphatic rings. The zero-order valence-corrected chi connectivity index (χ0v) is 36.9. The van der Waals surface area contributed by atoms with E-state index in [1.165, 1.54) is 14.0 Å². The van der Waals surface area contributed by atoms with Crippen molar-refractivity contribution in [2.45, 2.75) is 128 Å². The Kier molecular flexibility index (Phi) is 19.2.